The Kier molecular flexibility index (Phi) is 5.80. The lowest BCUT2D eigenvalue weighted by atomic mass is 10.1. The molecule has 1 aromatic carbocycles. The van der Waals surface area contributed by atoms with Gasteiger partial charge in [-0.3, -0.25) is 4.79 Å². The van der Waals surface area contributed by atoms with Gasteiger partial charge in [0.15, 0.2) is 0 Å². The molecule has 0 aromatic heterocycles. The zero-order valence-electron chi connectivity index (χ0n) is 11.2. The molecule has 0 aliphatic rings. The van der Waals surface area contributed by atoms with Gasteiger partial charge in [-0.25, -0.2) is 4.39 Å². The van der Waals surface area contributed by atoms with Crippen LogP contribution in [0.15, 0.2) is 18.2 Å². The summed E-state index contributed by atoms with van der Waals surface area (Å²) in [4.78, 5) is 11.7. The van der Waals surface area contributed by atoms with E-state index in [0.29, 0.717) is 5.69 Å². The van der Waals surface area contributed by atoms with Crippen LogP contribution < -0.4 is 10.6 Å². The molecule has 2 N–H and O–H groups in total. The number of rotatable bonds is 6. The van der Waals surface area contributed by atoms with Crippen LogP contribution in [0.1, 0.15) is 32.3 Å². The molecule has 5 heteroatoms. The first-order chi connectivity index (χ1) is 9.12. The van der Waals surface area contributed by atoms with E-state index in [0.717, 1.165) is 12.8 Å². The van der Waals surface area contributed by atoms with Gasteiger partial charge in [0.05, 0.1) is 12.2 Å². The average Bonchev–Trinajstić information content (AvgIpc) is 2.42. The molecule has 0 atom stereocenters. The van der Waals surface area contributed by atoms with Gasteiger partial charge in [0.25, 0.3) is 0 Å². The predicted molar refractivity (Wildman–Crippen MR) is 72.1 cm³/mol. The van der Waals surface area contributed by atoms with E-state index in [9.17, 15) is 9.18 Å². The van der Waals surface area contributed by atoms with Gasteiger partial charge in [-0.2, -0.15) is 5.26 Å². The molecule has 0 saturated heterocycles. The molecule has 0 radical (unpaired) electrons. The summed E-state index contributed by atoms with van der Waals surface area (Å²) < 4.78 is 13.3. The van der Waals surface area contributed by atoms with Gasteiger partial charge >= 0.3 is 0 Å². The highest BCUT2D eigenvalue weighted by Crippen LogP contribution is 2.17. The lowest BCUT2D eigenvalue weighted by Crippen LogP contribution is -2.37. The molecule has 0 bridgehead atoms. The largest absolute Gasteiger partial charge is 0.375 e. The molecule has 0 spiro atoms. The number of carbonyl (C=O) groups excluding carboxylic acids is 1. The maximum absolute atomic E-state index is 13.3. The van der Waals surface area contributed by atoms with E-state index < -0.39 is 5.82 Å². The second-order valence-corrected chi connectivity index (χ2v) is 4.21. The summed E-state index contributed by atoms with van der Waals surface area (Å²) in [6.07, 6.45) is 1.73. The monoisotopic (exact) mass is 263 g/mol. The summed E-state index contributed by atoms with van der Waals surface area (Å²) in [5, 5.41) is 14.5. The Morgan fingerprint density at radius 1 is 1.42 bits per heavy atom. The van der Waals surface area contributed by atoms with Crippen molar-refractivity contribution in [1.29, 1.82) is 5.26 Å². The van der Waals surface area contributed by atoms with E-state index in [1.807, 2.05) is 13.8 Å². The third-order valence-corrected chi connectivity index (χ3v) is 2.92. The standard InChI is InChI=1S/C14H18FN3O/c1-3-10(4-2)18-14(19)9-17-13-7-5-6-12(15)11(13)8-16/h5-7,10,17H,3-4,9H2,1-2H3,(H,18,19). The minimum Gasteiger partial charge on any atom is -0.375 e. The second-order valence-electron chi connectivity index (χ2n) is 4.21. The topological polar surface area (TPSA) is 64.9 Å². The maximum Gasteiger partial charge on any atom is 0.239 e. The number of nitrogens with zero attached hydrogens (tertiary/aromatic N) is 1. The highest BCUT2D eigenvalue weighted by atomic mass is 19.1. The minimum atomic E-state index is -0.590. The number of halogens is 1. The second kappa shape index (κ2) is 7.37. The fourth-order valence-corrected chi connectivity index (χ4v) is 1.73. The van der Waals surface area contributed by atoms with Gasteiger partial charge in [-0.15, -0.1) is 0 Å². The molecule has 4 nitrogen and oxygen atoms in total. The molecule has 1 aromatic rings. The zero-order valence-corrected chi connectivity index (χ0v) is 11.2. The molecule has 0 aliphatic carbocycles. The van der Waals surface area contributed by atoms with E-state index in [4.69, 9.17) is 5.26 Å². The zero-order chi connectivity index (χ0) is 14.3. The Morgan fingerprint density at radius 2 is 2.11 bits per heavy atom. The van der Waals surface area contributed by atoms with Crippen LogP contribution in [0.3, 0.4) is 0 Å². The number of nitriles is 1. The fourth-order valence-electron chi connectivity index (χ4n) is 1.73. The van der Waals surface area contributed by atoms with Crippen LogP contribution in [0.4, 0.5) is 10.1 Å². The normalized spacial score (nSPS) is 10.1. The Morgan fingerprint density at radius 3 is 2.68 bits per heavy atom. The SMILES string of the molecule is CCC(CC)NC(=O)CNc1cccc(F)c1C#N. The molecule has 102 valence electrons. The van der Waals surface area contributed by atoms with Crippen molar-refractivity contribution in [2.45, 2.75) is 32.7 Å². The van der Waals surface area contributed by atoms with E-state index >= 15 is 0 Å². The van der Waals surface area contributed by atoms with Crippen LogP contribution in [0.5, 0.6) is 0 Å². The molecule has 0 unspecified atom stereocenters. The van der Waals surface area contributed by atoms with Crippen LogP contribution in [0.2, 0.25) is 0 Å². The van der Waals surface area contributed by atoms with Crippen molar-refractivity contribution in [3.63, 3.8) is 0 Å². The molecular formula is C14H18FN3O. The highest BCUT2D eigenvalue weighted by molar-refractivity contribution is 5.81. The van der Waals surface area contributed by atoms with Crippen molar-refractivity contribution in [2.75, 3.05) is 11.9 Å². The fraction of sp³-hybridized carbons (Fsp3) is 0.429. The highest BCUT2D eigenvalue weighted by Gasteiger charge is 2.11. The summed E-state index contributed by atoms with van der Waals surface area (Å²) in [5.41, 5.74) is 0.264. The Hall–Kier alpha value is -2.09. The van der Waals surface area contributed by atoms with Gasteiger partial charge in [-0.05, 0) is 25.0 Å². The third-order valence-electron chi connectivity index (χ3n) is 2.92. The number of hydrogen-bond donors (Lipinski definition) is 2. The first kappa shape index (κ1) is 15.0. The Balaban J connectivity index is 2.60. The van der Waals surface area contributed by atoms with Gasteiger partial charge in [0, 0.05) is 6.04 Å². The molecule has 19 heavy (non-hydrogen) atoms. The molecular weight excluding hydrogens is 245 g/mol. The van der Waals surface area contributed by atoms with Crippen molar-refractivity contribution >= 4 is 11.6 Å². The maximum atomic E-state index is 13.3. The Labute approximate surface area is 112 Å². The first-order valence-corrected chi connectivity index (χ1v) is 6.34. The first-order valence-electron chi connectivity index (χ1n) is 6.34. The van der Waals surface area contributed by atoms with Crippen LogP contribution in [0.25, 0.3) is 0 Å². The molecule has 0 fully saturated rings. The summed E-state index contributed by atoms with van der Waals surface area (Å²) >= 11 is 0. The lowest BCUT2D eigenvalue weighted by molar-refractivity contribution is -0.120. The Bertz CT molecular complexity index is 478. The molecule has 1 amide bonds. The lowest BCUT2D eigenvalue weighted by Gasteiger charge is -2.15. The number of benzene rings is 1. The number of carbonyl (C=O) groups is 1. The minimum absolute atomic E-state index is 0.0225. The van der Waals surface area contributed by atoms with Crippen molar-refractivity contribution < 1.29 is 9.18 Å². The van der Waals surface area contributed by atoms with Crippen molar-refractivity contribution in [1.82, 2.24) is 5.32 Å². The third kappa shape index (κ3) is 4.25. The smallest absolute Gasteiger partial charge is 0.239 e. The summed E-state index contributed by atoms with van der Waals surface area (Å²) in [7, 11) is 0. The van der Waals surface area contributed by atoms with Crippen LogP contribution >= 0.6 is 0 Å². The quantitative estimate of drug-likeness (QED) is 0.828. The van der Waals surface area contributed by atoms with E-state index in [1.165, 1.54) is 12.1 Å². The van der Waals surface area contributed by atoms with Crippen LogP contribution in [0, 0.1) is 17.1 Å². The van der Waals surface area contributed by atoms with Gasteiger partial charge in [0.1, 0.15) is 17.4 Å². The van der Waals surface area contributed by atoms with Gasteiger partial charge in [0.2, 0.25) is 5.91 Å². The van der Waals surface area contributed by atoms with Gasteiger partial charge in [-0.1, -0.05) is 19.9 Å². The van der Waals surface area contributed by atoms with Crippen molar-refractivity contribution in [2.24, 2.45) is 0 Å². The number of amides is 1. The van der Waals surface area contributed by atoms with E-state index in [1.54, 1.807) is 12.1 Å². The molecule has 0 heterocycles. The summed E-state index contributed by atoms with van der Waals surface area (Å²) in [5.74, 6) is -0.755. The number of anilines is 1. The molecule has 0 aliphatic heterocycles. The van der Waals surface area contributed by atoms with Crippen molar-refractivity contribution in [3.8, 4) is 6.07 Å². The number of nitrogens with one attached hydrogen (secondary N) is 2. The predicted octanol–water partition coefficient (Wildman–Crippen LogP) is 2.41. The summed E-state index contributed by atoms with van der Waals surface area (Å²) in [6.45, 7) is 4.03. The average molecular weight is 263 g/mol. The summed E-state index contributed by atoms with van der Waals surface area (Å²) in [6, 6.07) is 6.22. The van der Waals surface area contributed by atoms with Gasteiger partial charge < -0.3 is 10.6 Å². The van der Waals surface area contributed by atoms with Crippen molar-refractivity contribution in [3.05, 3.63) is 29.6 Å². The number of hydrogen-bond acceptors (Lipinski definition) is 3. The van der Waals surface area contributed by atoms with E-state index in [-0.39, 0.29) is 24.1 Å². The molecule has 0 saturated carbocycles. The molecule has 1 rings (SSSR count). The van der Waals surface area contributed by atoms with Crippen LogP contribution in [-0.4, -0.2) is 18.5 Å². The van der Waals surface area contributed by atoms with E-state index in [2.05, 4.69) is 10.6 Å². The van der Waals surface area contributed by atoms with Crippen LogP contribution in [-0.2, 0) is 4.79 Å².